The van der Waals surface area contributed by atoms with E-state index in [1.165, 1.54) is 12.1 Å². The van der Waals surface area contributed by atoms with Gasteiger partial charge < -0.3 is 4.74 Å². The molecule has 8 heteroatoms. The number of nitrogens with zero attached hydrogens (tertiary/aromatic N) is 2. The number of ether oxygens (including phenoxy) is 1. The van der Waals surface area contributed by atoms with Crippen molar-refractivity contribution in [2.75, 3.05) is 0 Å². The van der Waals surface area contributed by atoms with Gasteiger partial charge in [0.25, 0.3) is 0 Å². The topological polar surface area (TPSA) is 86.7 Å². The number of rotatable bonds is 6. The van der Waals surface area contributed by atoms with Crippen LogP contribution in [0.3, 0.4) is 0 Å². The lowest BCUT2D eigenvalue weighted by Crippen LogP contribution is -2.12. The van der Waals surface area contributed by atoms with E-state index in [4.69, 9.17) is 21.5 Å². The van der Waals surface area contributed by atoms with Crippen LogP contribution in [0.5, 0.6) is 5.75 Å². The maximum absolute atomic E-state index is 11.5. The Kier molecular flexibility index (Phi) is 5.51. The maximum atomic E-state index is 11.5. The second kappa shape index (κ2) is 8.10. The lowest BCUT2D eigenvalue weighted by Gasteiger charge is -2.10. The molecule has 2 aromatic carbocycles. The Hall–Kier alpha value is -2.87. The number of hydrogen-bond acceptors (Lipinski definition) is 4. The zero-order valence-corrected chi connectivity index (χ0v) is 17.8. The van der Waals surface area contributed by atoms with Crippen LogP contribution >= 0.6 is 11.6 Å². The van der Waals surface area contributed by atoms with Crippen molar-refractivity contribution >= 4 is 27.3 Å². The van der Waals surface area contributed by atoms with E-state index in [2.05, 4.69) is 11.9 Å². The minimum atomic E-state index is -3.75. The molecule has 0 amide bonds. The maximum Gasteiger partial charge on any atom is 0.238 e. The summed E-state index contributed by atoms with van der Waals surface area (Å²) in [5, 5.41) is 5.80. The van der Waals surface area contributed by atoms with Crippen LogP contribution in [0.2, 0.25) is 5.02 Å². The van der Waals surface area contributed by atoms with Gasteiger partial charge in [-0.05, 0) is 48.4 Å². The Morgan fingerprint density at radius 1 is 1.10 bits per heavy atom. The van der Waals surface area contributed by atoms with E-state index in [9.17, 15) is 8.42 Å². The van der Waals surface area contributed by atoms with Gasteiger partial charge in [-0.3, -0.25) is 4.40 Å². The molecule has 6 nitrogen and oxygen atoms in total. The summed E-state index contributed by atoms with van der Waals surface area (Å²) in [4.78, 5) is 4.75. The van der Waals surface area contributed by atoms with Crippen LogP contribution < -0.4 is 9.88 Å². The van der Waals surface area contributed by atoms with Crippen LogP contribution in [0.15, 0.2) is 71.8 Å². The van der Waals surface area contributed by atoms with Crippen LogP contribution in [0.1, 0.15) is 18.2 Å². The van der Waals surface area contributed by atoms with Crippen molar-refractivity contribution in [3.8, 4) is 17.0 Å². The molecular formula is C22H20ClN3O3S. The molecule has 30 heavy (non-hydrogen) atoms. The molecule has 0 spiro atoms. The van der Waals surface area contributed by atoms with Crippen LogP contribution in [-0.4, -0.2) is 17.8 Å². The van der Waals surface area contributed by atoms with Gasteiger partial charge in [-0.15, -0.1) is 0 Å². The van der Waals surface area contributed by atoms with Gasteiger partial charge >= 0.3 is 0 Å². The smallest absolute Gasteiger partial charge is 0.238 e. The SMILES string of the molecule is CCc1nc2c(Cl)cccn2c1-c1cccc(OCc2cccc(S(N)(=O)=O)c2)c1. The number of benzene rings is 2. The number of aromatic nitrogens is 2. The molecule has 2 heterocycles. The van der Waals surface area contributed by atoms with E-state index in [1.807, 2.05) is 47.0 Å². The predicted octanol–water partition coefficient (Wildman–Crippen LogP) is 4.44. The summed E-state index contributed by atoms with van der Waals surface area (Å²) < 4.78 is 31.0. The molecule has 0 aliphatic heterocycles. The van der Waals surface area contributed by atoms with Crippen molar-refractivity contribution in [2.45, 2.75) is 24.8 Å². The zero-order valence-electron chi connectivity index (χ0n) is 16.2. The number of hydrogen-bond donors (Lipinski definition) is 1. The first-order valence-electron chi connectivity index (χ1n) is 9.37. The van der Waals surface area contributed by atoms with E-state index < -0.39 is 10.0 Å². The highest BCUT2D eigenvalue weighted by Crippen LogP contribution is 2.31. The summed E-state index contributed by atoms with van der Waals surface area (Å²) in [7, 11) is -3.75. The van der Waals surface area contributed by atoms with Gasteiger partial charge in [0.15, 0.2) is 5.65 Å². The molecule has 154 valence electrons. The van der Waals surface area contributed by atoms with E-state index in [0.717, 1.165) is 29.0 Å². The monoisotopic (exact) mass is 441 g/mol. The summed E-state index contributed by atoms with van der Waals surface area (Å²) in [5.74, 6) is 0.660. The van der Waals surface area contributed by atoms with Gasteiger partial charge in [-0.2, -0.15) is 0 Å². The Morgan fingerprint density at radius 2 is 1.90 bits per heavy atom. The molecule has 0 bridgehead atoms. The summed E-state index contributed by atoms with van der Waals surface area (Å²) in [5.41, 5.74) is 4.30. The van der Waals surface area contributed by atoms with Crippen LogP contribution in [0.25, 0.3) is 16.9 Å². The van der Waals surface area contributed by atoms with Crippen molar-refractivity contribution in [2.24, 2.45) is 5.14 Å². The number of nitrogens with two attached hydrogens (primary N) is 1. The summed E-state index contributed by atoms with van der Waals surface area (Å²) in [6, 6.07) is 17.8. The van der Waals surface area contributed by atoms with Crippen molar-refractivity contribution < 1.29 is 13.2 Å². The fourth-order valence-corrected chi connectivity index (χ4v) is 4.14. The Balaban J connectivity index is 1.65. The van der Waals surface area contributed by atoms with Crippen molar-refractivity contribution in [1.82, 2.24) is 9.38 Å². The van der Waals surface area contributed by atoms with E-state index in [1.54, 1.807) is 12.1 Å². The van der Waals surface area contributed by atoms with Crippen LogP contribution in [0.4, 0.5) is 0 Å². The third-order valence-corrected chi connectivity index (χ3v) is 5.96. The largest absolute Gasteiger partial charge is 0.489 e. The highest BCUT2D eigenvalue weighted by Gasteiger charge is 2.15. The molecule has 0 fully saturated rings. The minimum Gasteiger partial charge on any atom is -0.489 e. The second-order valence-corrected chi connectivity index (χ2v) is 8.79. The van der Waals surface area contributed by atoms with Crippen molar-refractivity contribution in [1.29, 1.82) is 0 Å². The molecule has 0 radical (unpaired) electrons. The van der Waals surface area contributed by atoms with Crippen LogP contribution in [0, 0.1) is 0 Å². The molecule has 0 atom stereocenters. The second-order valence-electron chi connectivity index (χ2n) is 6.82. The number of sulfonamides is 1. The van der Waals surface area contributed by atoms with Crippen molar-refractivity contribution in [3.63, 3.8) is 0 Å². The first kappa shape index (κ1) is 20.4. The van der Waals surface area contributed by atoms with Gasteiger partial charge in [-0.25, -0.2) is 18.5 Å². The number of halogens is 1. The van der Waals surface area contributed by atoms with Gasteiger partial charge in [0.1, 0.15) is 12.4 Å². The first-order chi connectivity index (χ1) is 14.4. The average molecular weight is 442 g/mol. The fraction of sp³-hybridized carbons (Fsp3) is 0.136. The minimum absolute atomic E-state index is 0.0625. The predicted molar refractivity (Wildman–Crippen MR) is 117 cm³/mol. The third kappa shape index (κ3) is 4.05. The molecule has 0 saturated heterocycles. The molecular weight excluding hydrogens is 422 g/mol. The van der Waals surface area contributed by atoms with E-state index in [0.29, 0.717) is 16.3 Å². The molecule has 0 aliphatic carbocycles. The summed E-state index contributed by atoms with van der Waals surface area (Å²) >= 11 is 6.32. The average Bonchev–Trinajstić information content (AvgIpc) is 3.12. The molecule has 2 aromatic heterocycles. The van der Waals surface area contributed by atoms with Gasteiger partial charge in [-0.1, -0.05) is 42.8 Å². The number of pyridine rings is 1. The lowest BCUT2D eigenvalue weighted by molar-refractivity contribution is 0.306. The summed E-state index contributed by atoms with van der Waals surface area (Å²) in [6.45, 7) is 2.27. The standard InChI is InChI=1S/C22H20ClN3O3S/c1-2-20-21(26-11-5-10-19(23)22(26)25-20)16-7-4-8-17(13-16)29-14-15-6-3-9-18(12-15)30(24,27)28/h3-13H,2,14H2,1H3,(H2,24,27,28). The number of imidazole rings is 1. The van der Waals surface area contributed by atoms with Crippen molar-refractivity contribution in [3.05, 3.63) is 83.1 Å². The molecule has 4 aromatic rings. The van der Waals surface area contributed by atoms with Gasteiger partial charge in [0.05, 0.1) is 21.3 Å². The number of primary sulfonamides is 1. The highest BCUT2D eigenvalue weighted by molar-refractivity contribution is 7.89. The Labute approximate surface area is 179 Å². The molecule has 2 N–H and O–H groups in total. The molecule has 0 unspecified atom stereocenters. The Bertz CT molecular complexity index is 1330. The van der Waals surface area contributed by atoms with Gasteiger partial charge in [0, 0.05) is 11.8 Å². The van der Waals surface area contributed by atoms with Gasteiger partial charge in [0.2, 0.25) is 10.0 Å². The Morgan fingerprint density at radius 3 is 2.67 bits per heavy atom. The first-order valence-corrected chi connectivity index (χ1v) is 11.3. The molecule has 4 rings (SSSR count). The summed E-state index contributed by atoms with van der Waals surface area (Å²) in [6.07, 6.45) is 2.70. The lowest BCUT2D eigenvalue weighted by atomic mass is 10.1. The quantitative estimate of drug-likeness (QED) is 0.479. The van der Waals surface area contributed by atoms with E-state index >= 15 is 0 Å². The normalized spacial score (nSPS) is 11.7. The molecule has 0 aliphatic rings. The number of aryl methyl sites for hydroxylation is 1. The number of fused-ring (bicyclic) bond motifs is 1. The highest BCUT2D eigenvalue weighted by atomic mass is 35.5. The van der Waals surface area contributed by atoms with E-state index in [-0.39, 0.29) is 11.5 Å². The zero-order chi connectivity index (χ0) is 21.3. The fourth-order valence-electron chi connectivity index (χ4n) is 3.35. The molecule has 0 saturated carbocycles. The van der Waals surface area contributed by atoms with Crippen LogP contribution in [-0.2, 0) is 23.1 Å². The third-order valence-electron chi connectivity index (χ3n) is 4.75.